The summed E-state index contributed by atoms with van der Waals surface area (Å²) in [5.41, 5.74) is 3.86. The number of thiophene rings is 1. The van der Waals surface area contributed by atoms with Crippen LogP contribution in [-0.4, -0.2) is 23.2 Å². The van der Waals surface area contributed by atoms with Gasteiger partial charge in [0.25, 0.3) is 0 Å². The second-order valence-electron chi connectivity index (χ2n) is 6.02. The average molecular weight is 361 g/mol. The van der Waals surface area contributed by atoms with Gasteiger partial charge in [-0.1, -0.05) is 54.6 Å². The third-order valence-corrected chi connectivity index (χ3v) is 6.51. The number of allylic oxidation sites excluding steroid dienone is 1. The summed E-state index contributed by atoms with van der Waals surface area (Å²) in [6.45, 7) is 1.87. The molecule has 2 nitrogen and oxygen atoms in total. The number of rotatable bonds is 3. The number of aliphatic imine (C=N–C) groups is 1. The van der Waals surface area contributed by atoms with E-state index in [1.54, 1.807) is 11.8 Å². The van der Waals surface area contributed by atoms with Crippen molar-refractivity contribution in [3.8, 4) is 0 Å². The summed E-state index contributed by atoms with van der Waals surface area (Å²) >= 11 is 3.61. The van der Waals surface area contributed by atoms with Crippen molar-refractivity contribution < 1.29 is 0 Å². The van der Waals surface area contributed by atoms with Gasteiger partial charge in [0.05, 0.1) is 12.2 Å². The molecule has 0 bridgehead atoms. The van der Waals surface area contributed by atoms with Crippen molar-refractivity contribution in [2.45, 2.75) is 0 Å². The van der Waals surface area contributed by atoms with Gasteiger partial charge in [0.15, 0.2) is 5.17 Å². The molecule has 122 valence electrons. The summed E-state index contributed by atoms with van der Waals surface area (Å²) < 4.78 is 1.34. The van der Waals surface area contributed by atoms with Gasteiger partial charge in [-0.2, -0.15) is 0 Å². The van der Waals surface area contributed by atoms with Gasteiger partial charge in [-0.25, -0.2) is 0 Å². The fraction of sp³-hybridized carbons (Fsp3) is 0.0952. The molecular weight excluding hydrogens is 344 g/mol. The van der Waals surface area contributed by atoms with E-state index in [4.69, 9.17) is 0 Å². The molecule has 0 saturated heterocycles. The molecule has 0 aliphatic carbocycles. The van der Waals surface area contributed by atoms with Crippen molar-refractivity contribution in [1.82, 2.24) is 4.90 Å². The maximum Gasteiger partial charge on any atom is 0.168 e. The second-order valence-corrected chi connectivity index (χ2v) is 7.94. The van der Waals surface area contributed by atoms with E-state index in [1.165, 1.54) is 31.8 Å². The molecule has 25 heavy (non-hydrogen) atoms. The maximum atomic E-state index is 4.68. The van der Waals surface area contributed by atoms with E-state index in [0.29, 0.717) is 0 Å². The minimum absolute atomic E-state index is 0.892. The molecule has 2 aliphatic heterocycles. The number of hydrogen-bond acceptors (Lipinski definition) is 4. The second kappa shape index (κ2) is 6.21. The molecule has 0 fully saturated rings. The summed E-state index contributed by atoms with van der Waals surface area (Å²) in [7, 11) is 0. The highest BCUT2D eigenvalue weighted by atomic mass is 32.2. The fourth-order valence-electron chi connectivity index (χ4n) is 3.29. The van der Waals surface area contributed by atoms with Crippen molar-refractivity contribution in [1.29, 1.82) is 0 Å². The Kier molecular flexibility index (Phi) is 3.72. The smallest absolute Gasteiger partial charge is 0.168 e. The van der Waals surface area contributed by atoms with Gasteiger partial charge in [-0.3, -0.25) is 4.99 Å². The monoisotopic (exact) mass is 360 g/mol. The van der Waals surface area contributed by atoms with E-state index >= 15 is 0 Å². The molecule has 5 rings (SSSR count). The third-order valence-electron chi connectivity index (χ3n) is 4.47. The predicted molar refractivity (Wildman–Crippen MR) is 111 cm³/mol. The Hall–Kier alpha value is -2.30. The van der Waals surface area contributed by atoms with E-state index < -0.39 is 0 Å². The van der Waals surface area contributed by atoms with Crippen LogP contribution in [0.4, 0.5) is 0 Å². The van der Waals surface area contributed by atoms with Crippen LogP contribution in [0.25, 0.3) is 21.9 Å². The van der Waals surface area contributed by atoms with Crippen molar-refractivity contribution >= 4 is 50.1 Å². The van der Waals surface area contributed by atoms with Crippen LogP contribution in [-0.2, 0) is 0 Å². The quantitative estimate of drug-likeness (QED) is 0.595. The van der Waals surface area contributed by atoms with Gasteiger partial charge in [-0.15, -0.1) is 11.3 Å². The lowest BCUT2D eigenvalue weighted by Crippen LogP contribution is -2.19. The van der Waals surface area contributed by atoms with Gasteiger partial charge in [0.1, 0.15) is 0 Å². The number of thioether (sulfide) groups is 1. The minimum atomic E-state index is 0.892. The largest absolute Gasteiger partial charge is 0.317 e. The first-order chi connectivity index (χ1) is 12.4. The van der Waals surface area contributed by atoms with E-state index in [1.807, 2.05) is 11.3 Å². The summed E-state index contributed by atoms with van der Waals surface area (Å²) in [4.78, 5) is 8.34. The Morgan fingerprint density at radius 3 is 2.72 bits per heavy atom. The van der Waals surface area contributed by atoms with Gasteiger partial charge in [0.2, 0.25) is 0 Å². The molecule has 3 aromatic rings. The first-order valence-electron chi connectivity index (χ1n) is 8.34. The number of amidine groups is 1. The molecule has 2 aromatic carbocycles. The Morgan fingerprint density at radius 2 is 1.80 bits per heavy atom. The highest BCUT2D eigenvalue weighted by Crippen LogP contribution is 2.45. The summed E-state index contributed by atoms with van der Waals surface area (Å²) in [6, 6.07) is 19.1. The fourth-order valence-corrected chi connectivity index (χ4v) is 5.33. The Balaban J connectivity index is 1.63. The molecule has 0 atom stereocenters. The van der Waals surface area contributed by atoms with Crippen molar-refractivity contribution in [3.05, 3.63) is 82.1 Å². The van der Waals surface area contributed by atoms with Crippen LogP contribution in [0.1, 0.15) is 11.1 Å². The van der Waals surface area contributed by atoms with Crippen molar-refractivity contribution in [3.63, 3.8) is 0 Å². The molecular formula is C21H16N2S2. The first kappa shape index (κ1) is 15.0. The summed E-state index contributed by atoms with van der Waals surface area (Å²) in [6.07, 6.45) is 4.43. The highest BCUT2D eigenvalue weighted by Gasteiger charge is 2.32. The van der Waals surface area contributed by atoms with Crippen LogP contribution >= 0.6 is 23.1 Å². The summed E-state index contributed by atoms with van der Waals surface area (Å²) in [5.74, 6) is 0. The molecule has 0 N–H and O–H groups in total. The van der Waals surface area contributed by atoms with Crippen molar-refractivity contribution in [2.75, 3.05) is 13.1 Å². The van der Waals surface area contributed by atoms with Crippen LogP contribution in [0.3, 0.4) is 0 Å². The molecule has 1 aromatic heterocycles. The Labute approximate surface area is 155 Å². The van der Waals surface area contributed by atoms with Gasteiger partial charge in [-0.05, 0) is 29.5 Å². The predicted octanol–water partition coefficient (Wildman–Crippen LogP) is 5.70. The van der Waals surface area contributed by atoms with Gasteiger partial charge < -0.3 is 4.90 Å². The van der Waals surface area contributed by atoms with Crippen LogP contribution in [0, 0.1) is 0 Å². The molecule has 0 saturated carbocycles. The zero-order valence-corrected chi connectivity index (χ0v) is 15.2. The molecule has 0 spiro atoms. The van der Waals surface area contributed by atoms with Crippen LogP contribution in [0.15, 0.2) is 76.0 Å². The molecule has 3 heterocycles. The van der Waals surface area contributed by atoms with E-state index in [9.17, 15) is 0 Å². The topological polar surface area (TPSA) is 15.6 Å². The molecule has 0 radical (unpaired) electrons. The van der Waals surface area contributed by atoms with E-state index in [2.05, 4.69) is 82.0 Å². The summed E-state index contributed by atoms with van der Waals surface area (Å²) in [5, 5.41) is 4.76. The average Bonchev–Trinajstić information content (AvgIpc) is 3.35. The highest BCUT2D eigenvalue weighted by molar-refractivity contribution is 8.17. The zero-order chi connectivity index (χ0) is 16.6. The van der Waals surface area contributed by atoms with E-state index in [-0.39, 0.29) is 0 Å². The van der Waals surface area contributed by atoms with Crippen LogP contribution in [0.2, 0.25) is 0 Å². The number of fused-ring (bicyclic) bond motifs is 2. The van der Waals surface area contributed by atoms with Gasteiger partial charge >= 0.3 is 0 Å². The lowest BCUT2D eigenvalue weighted by atomic mass is 10.1. The number of nitrogens with zero attached hydrogens (tertiary/aromatic N) is 2. The Morgan fingerprint density at radius 1 is 0.960 bits per heavy atom. The molecule has 0 unspecified atom stereocenters. The van der Waals surface area contributed by atoms with Gasteiger partial charge in [0, 0.05) is 32.5 Å². The standard InChI is InChI=1S/C21H16N2S2/c1-2-6-15(7-3-1)10-11-19-20(23-13-12-22-21(23)25-19)17-14-24-18-9-5-4-8-16(17)18/h1-11,14H,12-13H2. The minimum Gasteiger partial charge on any atom is -0.317 e. The molecule has 2 aliphatic rings. The zero-order valence-electron chi connectivity index (χ0n) is 13.6. The van der Waals surface area contributed by atoms with E-state index in [0.717, 1.165) is 18.3 Å². The SMILES string of the molecule is C(=Cc1ccccc1)C1=C(c2csc3ccccc23)N2CCN=C2S1. The molecule has 4 heteroatoms. The maximum absolute atomic E-state index is 4.68. The number of benzene rings is 2. The lowest BCUT2D eigenvalue weighted by molar-refractivity contribution is 0.649. The third kappa shape index (κ3) is 2.62. The first-order valence-corrected chi connectivity index (χ1v) is 10.0. The Bertz CT molecular complexity index is 1030. The van der Waals surface area contributed by atoms with Crippen molar-refractivity contribution in [2.24, 2.45) is 4.99 Å². The van der Waals surface area contributed by atoms with Crippen LogP contribution < -0.4 is 0 Å². The normalized spacial score (nSPS) is 17.0. The van der Waals surface area contributed by atoms with Crippen LogP contribution in [0.5, 0.6) is 0 Å². The lowest BCUT2D eigenvalue weighted by Gasteiger charge is -2.16. The number of hydrogen-bond donors (Lipinski definition) is 0. The molecule has 0 amide bonds.